The van der Waals surface area contributed by atoms with Gasteiger partial charge in [0.25, 0.3) is 0 Å². The molecule has 2 aromatic rings. The summed E-state index contributed by atoms with van der Waals surface area (Å²) in [6.45, 7) is 0. The molecule has 0 heterocycles. The Bertz CT molecular complexity index is 692. The van der Waals surface area contributed by atoms with Gasteiger partial charge in [-0.3, -0.25) is 0 Å². The molecule has 4 N–H and O–H groups in total. The number of nitrogen functional groups attached to an aromatic ring is 1. The minimum absolute atomic E-state index is 0.140. The van der Waals surface area contributed by atoms with Crippen molar-refractivity contribution in [1.29, 1.82) is 0 Å². The predicted molar refractivity (Wildman–Crippen MR) is 80.2 cm³/mol. The van der Waals surface area contributed by atoms with Crippen LogP contribution < -0.4 is 11.1 Å². The summed E-state index contributed by atoms with van der Waals surface area (Å²) in [6, 6.07) is 6.32. The lowest BCUT2D eigenvalue weighted by atomic mass is 10.1. The van der Waals surface area contributed by atoms with Crippen LogP contribution in [-0.2, 0) is 0 Å². The van der Waals surface area contributed by atoms with E-state index in [-0.39, 0.29) is 11.3 Å². The van der Waals surface area contributed by atoms with Crippen LogP contribution in [0.3, 0.4) is 0 Å². The molecule has 2 rings (SSSR count). The van der Waals surface area contributed by atoms with Gasteiger partial charge in [0.2, 0.25) is 0 Å². The number of halogens is 3. The number of anilines is 3. The van der Waals surface area contributed by atoms with Crippen molar-refractivity contribution in [3.63, 3.8) is 0 Å². The van der Waals surface area contributed by atoms with E-state index in [0.29, 0.717) is 9.26 Å². The first kappa shape index (κ1) is 14.5. The first-order chi connectivity index (χ1) is 9.40. The molecular formula is C13H9F2IN2O2. The van der Waals surface area contributed by atoms with Crippen LogP contribution in [0, 0.1) is 15.2 Å². The highest BCUT2D eigenvalue weighted by Crippen LogP contribution is 2.30. The Hall–Kier alpha value is -1.90. The maximum absolute atomic E-state index is 13.3. The Morgan fingerprint density at radius 2 is 1.85 bits per heavy atom. The smallest absolute Gasteiger partial charge is 0.340 e. The Balaban J connectivity index is 2.48. The first-order valence-electron chi connectivity index (χ1n) is 5.43. The Morgan fingerprint density at radius 1 is 1.20 bits per heavy atom. The number of carboxylic acid groups (broad SMARTS) is 1. The standard InChI is InChI=1S/C13H9F2IN2O2/c14-6-1-3-9(8(16)5-6)18-10-4-2-7(15)12(17)11(10)13(19)20/h1-5,18H,17H2,(H,19,20). The number of rotatable bonds is 3. The molecule has 2 aromatic carbocycles. The zero-order valence-corrected chi connectivity index (χ0v) is 12.1. The van der Waals surface area contributed by atoms with Gasteiger partial charge in [0.05, 0.1) is 17.1 Å². The molecule has 104 valence electrons. The van der Waals surface area contributed by atoms with Gasteiger partial charge in [-0.15, -0.1) is 0 Å². The van der Waals surface area contributed by atoms with E-state index >= 15 is 0 Å². The molecule has 0 spiro atoms. The number of hydrogen-bond donors (Lipinski definition) is 3. The van der Waals surface area contributed by atoms with Gasteiger partial charge in [-0.25, -0.2) is 13.6 Å². The molecule has 4 nitrogen and oxygen atoms in total. The van der Waals surface area contributed by atoms with E-state index in [0.717, 1.165) is 6.07 Å². The lowest BCUT2D eigenvalue weighted by molar-refractivity contribution is 0.0698. The van der Waals surface area contributed by atoms with Gasteiger partial charge in [0.15, 0.2) is 0 Å². The molecule has 0 amide bonds. The molecule has 20 heavy (non-hydrogen) atoms. The third-order valence-electron chi connectivity index (χ3n) is 2.61. The number of hydrogen-bond acceptors (Lipinski definition) is 3. The van der Waals surface area contributed by atoms with Crippen molar-refractivity contribution in [3.05, 3.63) is 51.1 Å². The second kappa shape index (κ2) is 5.61. The van der Waals surface area contributed by atoms with Gasteiger partial charge in [0.1, 0.15) is 17.2 Å². The fourth-order valence-electron chi connectivity index (χ4n) is 1.66. The Labute approximate surface area is 126 Å². The van der Waals surface area contributed by atoms with E-state index in [1.54, 1.807) is 0 Å². The summed E-state index contributed by atoms with van der Waals surface area (Å²) in [6.07, 6.45) is 0. The number of aromatic carboxylic acids is 1. The van der Waals surface area contributed by atoms with Crippen LogP contribution in [0.15, 0.2) is 30.3 Å². The molecule has 0 unspecified atom stereocenters. The molecule has 0 saturated heterocycles. The van der Waals surface area contributed by atoms with Crippen LogP contribution >= 0.6 is 22.6 Å². The van der Waals surface area contributed by atoms with Gasteiger partial charge < -0.3 is 16.2 Å². The minimum Gasteiger partial charge on any atom is -0.478 e. The van der Waals surface area contributed by atoms with Crippen molar-refractivity contribution >= 4 is 45.6 Å². The van der Waals surface area contributed by atoms with Crippen LogP contribution in [-0.4, -0.2) is 11.1 Å². The summed E-state index contributed by atoms with van der Waals surface area (Å²) in [7, 11) is 0. The topological polar surface area (TPSA) is 75.3 Å². The lowest BCUT2D eigenvalue weighted by Crippen LogP contribution is -2.09. The quantitative estimate of drug-likeness (QED) is 0.553. The zero-order chi connectivity index (χ0) is 14.9. The highest BCUT2D eigenvalue weighted by Gasteiger charge is 2.18. The van der Waals surface area contributed by atoms with Gasteiger partial charge in [-0.1, -0.05) is 0 Å². The fourth-order valence-corrected chi connectivity index (χ4v) is 2.28. The highest BCUT2D eigenvalue weighted by atomic mass is 127. The Kier molecular flexibility index (Phi) is 4.07. The van der Waals surface area contributed by atoms with Crippen molar-refractivity contribution < 1.29 is 18.7 Å². The van der Waals surface area contributed by atoms with Crippen LogP contribution in [0.5, 0.6) is 0 Å². The van der Waals surface area contributed by atoms with Crippen molar-refractivity contribution in [2.75, 3.05) is 11.1 Å². The summed E-state index contributed by atoms with van der Waals surface area (Å²) in [5, 5.41) is 11.9. The second-order valence-corrected chi connectivity index (χ2v) is 5.10. The number of nitrogens with two attached hydrogens (primary N) is 1. The van der Waals surface area contributed by atoms with Crippen molar-refractivity contribution in [2.45, 2.75) is 0 Å². The van der Waals surface area contributed by atoms with E-state index in [1.807, 2.05) is 22.6 Å². The van der Waals surface area contributed by atoms with E-state index in [9.17, 15) is 13.6 Å². The van der Waals surface area contributed by atoms with Gasteiger partial charge in [-0.2, -0.15) is 0 Å². The first-order valence-corrected chi connectivity index (χ1v) is 6.51. The molecule has 0 bridgehead atoms. The van der Waals surface area contributed by atoms with E-state index in [4.69, 9.17) is 10.8 Å². The second-order valence-electron chi connectivity index (χ2n) is 3.94. The number of benzene rings is 2. The summed E-state index contributed by atoms with van der Waals surface area (Å²) < 4.78 is 26.9. The molecule has 0 fully saturated rings. The van der Waals surface area contributed by atoms with Crippen molar-refractivity contribution in [2.24, 2.45) is 0 Å². The normalized spacial score (nSPS) is 10.3. The number of carboxylic acids is 1. The lowest BCUT2D eigenvalue weighted by Gasteiger charge is -2.13. The zero-order valence-electron chi connectivity index (χ0n) is 9.95. The molecule has 7 heteroatoms. The largest absolute Gasteiger partial charge is 0.478 e. The van der Waals surface area contributed by atoms with Crippen LogP contribution in [0.25, 0.3) is 0 Å². The average molecular weight is 390 g/mol. The van der Waals surface area contributed by atoms with Crippen molar-refractivity contribution in [3.8, 4) is 0 Å². The third kappa shape index (κ3) is 2.82. The van der Waals surface area contributed by atoms with E-state index in [2.05, 4.69) is 5.32 Å². The molecule has 0 aliphatic heterocycles. The summed E-state index contributed by atoms with van der Waals surface area (Å²) >= 11 is 1.90. The summed E-state index contributed by atoms with van der Waals surface area (Å²) in [5.74, 6) is -2.56. The molecule has 0 aliphatic carbocycles. The minimum atomic E-state index is -1.35. The molecule has 0 atom stereocenters. The van der Waals surface area contributed by atoms with E-state index < -0.39 is 23.3 Å². The molecule has 0 radical (unpaired) electrons. The number of carbonyl (C=O) groups is 1. The predicted octanol–water partition coefficient (Wildman–Crippen LogP) is 3.59. The SMILES string of the molecule is Nc1c(F)ccc(Nc2ccc(F)cc2I)c1C(=O)O. The van der Waals surface area contributed by atoms with Crippen LogP contribution in [0.2, 0.25) is 0 Å². The highest BCUT2D eigenvalue weighted by molar-refractivity contribution is 14.1. The van der Waals surface area contributed by atoms with Crippen molar-refractivity contribution in [1.82, 2.24) is 0 Å². The Morgan fingerprint density at radius 3 is 2.45 bits per heavy atom. The molecular weight excluding hydrogens is 381 g/mol. The van der Waals surface area contributed by atoms with Gasteiger partial charge in [-0.05, 0) is 52.9 Å². The molecule has 0 aromatic heterocycles. The van der Waals surface area contributed by atoms with E-state index in [1.165, 1.54) is 24.3 Å². The molecule has 0 aliphatic rings. The van der Waals surface area contributed by atoms with Gasteiger partial charge in [0, 0.05) is 3.57 Å². The van der Waals surface area contributed by atoms with Crippen LogP contribution in [0.4, 0.5) is 25.8 Å². The fraction of sp³-hybridized carbons (Fsp3) is 0. The molecule has 0 saturated carbocycles. The third-order valence-corrected chi connectivity index (χ3v) is 3.50. The average Bonchev–Trinajstić information content (AvgIpc) is 2.36. The van der Waals surface area contributed by atoms with Gasteiger partial charge >= 0.3 is 5.97 Å². The maximum atomic E-state index is 13.3. The maximum Gasteiger partial charge on any atom is 0.340 e. The summed E-state index contributed by atoms with van der Waals surface area (Å²) in [5.41, 5.74) is 5.28. The number of nitrogens with one attached hydrogen (secondary N) is 1. The van der Waals surface area contributed by atoms with Crippen LogP contribution in [0.1, 0.15) is 10.4 Å². The summed E-state index contributed by atoms with van der Waals surface area (Å²) in [4.78, 5) is 11.2. The monoisotopic (exact) mass is 390 g/mol.